The molecule has 2 aromatic carbocycles. The number of rotatable bonds is 3. The Hall–Kier alpha value is -1.38. The van der Waals surface area contributed by atoms with Gasteiger partial charge >= 0.3 is 0 Å². The molecule has 0 fully saturated rings. The second-order valence-electron chi connectivity index (χ2n) is 3.43. The summed E-state index contributed by atoms with van der Waals surface area (Å²) in [5, 5.41) is 2.31. The van der Waals surface area contributed by atoms with Crippen LogP contribution in [0.1, 0.15) is 5.56 Å². The van der Waals surface area contributed by atoms with E-state index in [0.717, 1.165) is 10.5 Å². The van der Waals surface area contributed by atoms with Gasteiger partial charge in [0.05, 0.1) is 10.8 Å². The quantitative estimate of drug-likeness (QED) is 0.813. The molecular weight excluding hydrogens is 252 g/mol. The average Bonchev–Trinajstić information content (AvgIpc) is 2.38. The first-order chi connectivity index (χ1) is 8.27. The lowest BCUT2D eigenvalue weighted by Crippen LogP contribution is -1.85. The van der Waals surface area contributed by atoms with E-state index in [9.17, 15) is 4.21 Å². The highest BCUT2D eigenvalue weighted by Crippen LogP contribution is 2.17. The van der Waals surface area contributed by atoms with Gasteiger partial charge in [0.15, 0.2) is 0 Å². The molecule has 3 heteroatoms. The van der Waals surface area contributed by atoms with Crippen LogP contribution in [-0.4, -0.2) is 4.21 Å². The third-order valence-electron chi connectivity index (χ3n) is 2.25. The lowest BCUT2D eigenvalue weighted by Gasteiger charge is -1.97. The molecule has 86 valence electrons. The molecular formula is C14H11ClOS. The summed E-state index contributed by atoms with van der Waals surface area (Å²) in [6.45, 7) is 0. The highest BCUT2D eigenvalue weighted by molar-refractivity contribution is 7.88. The topological polar surface area (TPSA) is 17.1 Å². The summed E-state index contributed by atoms with van der Waals surface area (Å²) in [6.07, 6.45) is 1.78. The van der Waals surface area contributed by atoms with Crippen molar-refractivity contribution < 1.29 is 4.21 Å². The minimum absolute atomic E-state index is 0.661. The van der Waals surface area contributed by atoms with Gasteiger partial charge in [0.2, 0.25) is 0 Å². The number of halogens is 1. The number of hydrogen-bond donors (Lipinski definition) is 0. The Labute approximate surface area is 108 Å². The SMILES string of the molecule is O=S(/C=C\c1ccccc1Cl)c1ccccc1. The average molecular weight is 263 g/mol. The normalized spacial score (nSPS) is 12.8. The van der Waals surface area contributed by atoms with Gasteiger partial charge in [-0.05, 0) is 29.8 Å². The van der Waals surface area contributed by atoms with E-state index in [1.54, 1.807) is 11.5 Å². The molecule has 17 heavy (non-hydrogen) atoms. The van der Waals surface area contributed by atoms with Crippen molar-refractivity contribution in [3.63, 3.8) is 0 Å². The Morgan fingerprint density at radius 1 is 0.941 bits per heavy atom. The summed E-state index contributed by atoms with van der Waals surface area (Å²) in [4.78, 5) is 0.788. The zero-order valence-corrected chi connectivity index (χ0v) is 10.6. The minimum atomic E-state index is -1.13. The molecule has 0 saturated carbocycles. The molecule has 0 aliphatic heterocycles. The van der Waals surface area contributed by atoms with E-state index >= 15 is 0 Å². The Balaban J connectivity index is 2.17. The molecule has 1 unspecified atom stereocenters. The van der Waals surface area contributed by atoms with Crippen LogP contribution in [0, 0.1) is 0 Å². The van der Waals surface area contributed by atoms with E-state index in [1.807, 2.05) is 54.6 Å². The van der Waals surface area contributed by atoms with E-state index in [-0.39, 0.29) is 0 Å². The second-order valence-corrected chi connectivity index (χ2v) is 5.18. The van der Waals surface area contributed by atoms with Gasteiger partial charge in [0.25, 0.3) is 0 Å². The maximum atomic E-state index is 11.9. The van der Waals surface area contributed by atoms with E-state index in [4.69, 9.17) is 11.6 Å². The molecule has 0 N–H and O–H groups in total. The largest absolute Gasteiger partial charge is 0.250 e. The Morgan fingerprint density at radius 3 is 2.29 bits per heavy atom. The molecule has 2 aromatic rings. The van der Waals surface area contributed by atoms with Crippen LogP contribution in [0.5, 0.6) is 0 Å². The van der Waals surface area contributed by atoms with Crippen LogP contribution in [-0.2, 0) is 10.8 Å². The van der Waals surface area contributed by atoms with E-state index in [2.05, 4.69) is 0 Å². The molecule has 0 aliphatic carbocycles. The molecule has 0 bridgehead atoms. The summed E-state index contributed by atoms with van der Waals surface area (Å²) < 4.78 is 11.9. The zero-order valence-electron chi connectivity index (χ0n) is 9.05. The summed E-state index contributed by atoms with van der Waals surface area (Å²) in [7, 11) is -1.13. The monoisotopic (exact) mass is 262 g/mol. The summed E-state index contributed by atoms with van der Waals surface area (Å²) in [6, 6.07) is 16.8. The first-order valence-electron chi connectivity index (χ1n) is 5.16. The van der Waals surface area contributed by atoms with Gasteiger partial charge in [-0.3, -0.25) is 0 Å². The highest BCUT2D eigenvalue weighted by atomic mass is 35.5. The zero-order chi connectivity index (χ0) is 12.1. The molecule has 2 rings (SSSR count). The molecule has 0 aliphatic rings. The van der Waals surface area contributed by atoms with E-state index in [1.165, 1.54) is 0 Å². The summed E-state index contributed by atoms with van der Waals surface area (Å²) in [5.41, 5.74) is 0.874. The molecule has 0 radical (unpaired) electrons. The maximum absolute atomic E-state index is 11.9. The van der Waals surface area contributed by atoms with Crippen molar-refractivity contribution in [1.82, 2.24) is 0 Å². The van der Waals surface area contributed by atoms with Crippen LogP contribution >= 0.6 is 11.6 Å². The first-order valence-corrected chi connectivity index (χ1v) is 6.75. The van der Waals surface area contributed by atoms with Crippen molar-refractivity contribution in [3.8, 4) is 0 Å². The van der Waals surface area contributed by atoms with Crippen molar-refractivity contribution in [2.75, 3.05) is 0 Å². The fraction of sp³-hybridized carbons (Fsp3) is 0. The van der Waals surface area contributed by atoms with Gasteiger partial charge in [0, 0.05) is 15.3 Å². The number of hydrogen-bond acceptors (Lipinski definition) is 1. The highest BCUT2D eigenvalue weighted by Gasteiger charge is 1.98. The first kappa shape index (κ1) is 12.1. The predicted octanol–water partition coefficient (Wildman–Crippen LogP) is 4.12. The van der Waals surface area contributed by atoms with Crippen LogP contribution < -0.4 is 0 Å². The van der Waals surface area contributed by atoms with Crippen LogP contribution in [0.2, 0.25) is 5.02 Å². The van der Waals surface area contributed by atoms with Gasteiger partial charge in [-0.25, -0.2) is 4.21 Å². The van der Waals surface area contributed by atoms with Gasteiger partial charge in [0.1, 0.15) is 0 Å². The summed E-state index contributed by atoms with van der Waals surface area (Å²) in [5.74, 6) is 0. The van der Waals surface area contributed by atoms with Crippen molar-refractivity contribution in [2.24, 2.45) is 0 Å². The van der Waals surface area contributed by atoms with Crippen molar-refractivity contribution in [3.05, 3.63) is 70.6 Å². The lowest BCUT2D eigenvalue weighted by atomic mass is 10.2. The molecule has 1 nitrogen and oxygen atoms in total. The van der Waals surface area contributed by atoms with Crippen LogP contribution in [0.25, 0.3) is 6.08 Å². The molecule has 0 saturated heterocycles. The van der Waals surface area contributed by atoms with E-state index < -0.39 is 10.8 Å². The molecule has 0 spiro atoms. The third-order valence-corrected chi connectivity index (χ3v) is 3.72. The van der Waals surface area contributed by atoms with Crippen molar-refractivity contribution in [2.45, 2.75) is 4.90 Å². The van der Waals surface area contributed by atoms with Gasteiger partial charge in [-0.2, -0.15) is 0 Å². The van der Waals surface area contributed by atoms with Gasteiger partial charge in [-0.15, -0.1) is 0 Å². The van der Waals surface area contributed by atoms with Crippen molar-refractivity contribution >= 4 is 28.5 Å². The Bertz CT molecular complexity index is 549. The van der Waals surface area contributed by atoms with Crippen molar-refractivity contribution in [1.29, 1.82) is 0 Å². The number of benzene rings is 2. The maximum Gasteiger partial charge on any atom is 0.0776 e. The van der Waals surface area contributed by atoms with Crippen LogP contribution in [0.3, 0.4) is 0 Å². The fourth-order valence-electron chi connectivity index (χ4n) is 1.38. The van der Waals surface area contributed by atoms with E-state index in [0.29, 0.717) is 5.02 Å². The Kier molecular flexibility index (Phi) is 4.13. The summed E-state index contributed by atoms with van der Waals surface area (Å²) >= 11 is 6.00. The predicted molar refractivity (Wildman–Crippen MR) is 73.3 cm³/mol. The third kappa shape index (κ3) is 3.29. The smallest absolute Gasteiger partial charge is 0.0776 e. The van der Waals surface area contributed by atoms with Crippen LogP contribution in [0.4, 0.5) is 0 Å². The van der Waals surface area contributed by atoms with Gasteiger partial charge < -0.3 is 0 Å². The lowest BCUT2D eigenvalue weighted by molar-refractivity contribution is 0.688. The standard InChI is InChI=1S/C14H11ClOS/c15-14-9-5-4-6-12(14)10-11-17(16)13-7-2-1-3-8-13/h1-11H/b11-10-. The molecule has 0 aromatic heterocycles. The molecule has 1 atom stereocenters. The molecule has 0 heterocycles. The van der Waals surface area contributed by atoms with Gasteiger partial charge in [-0.1, -0.05) is 48.0 Å². The van der Waals surface area contributed by atoms with Crippen LogP contribution in [0.15, 0.2) is 64.9 Å². The molecule has 0 amide bonds. The fourth-order valence-corrected chi connectivity index (χ4v) is 2.43. The second kappa shape index (κ2) is 5.80. The Morgan fingerprint density at radius 2 is 1.59 bits per heavy atom. The minimum Gasteiger partial charge on any atom is -0.250 e.